The van der Waals surface area contributed by atoms with E-state index in [0.29, 0.717) is 5.41 Å². The van der Waals surface area contributed by atoms with Crippen LogP contribution >= 0.6 is 11.6 Å². The quantitative estimate of drug-likeness (QED) is 0.735. The summed E-state index contributed by atoms with van der Waals surface area (Å²) in [6.07, 6.45) is 3.05. The van der Waals surface area contributed by atoms with E-state index in [9.17, 15) is 0 Å². The summed E-state index contributed by atoms with van der Waals surface area (Å²) in [5.41, 5.74) is 1.58. The Morgan fingerprint density at radius 3 is 3.00 bits per heavy atom. The lowest BCUT2D eigenvalue weighted by Crippen LogP contribution is -2.20. The normalized spacial score (nSPS) is 35.9. The van der Waals surface area contributed by atoms with Gasteiger partial charge in [0, 0.05) is 23.9 Å². The number of hydrogen-bond donors (Lipinski definition) is 1. The van der Waals surface area contributed by atoms with E-state index < -0.39 is 0 Å². The topological polar surface area (TPSA) is 24.9 Å². The Balaban J connectivity index is 1.97. The van der Waals surface area contributed by atoms with Crippen LogP contribution in [0.1, 0.15) is 12.1 Å². The van der Waals surface area contributed by atoms with E-state index in [1.807, 2.05) is 6.07 Å². The molecule has 2 heterocycles. The van der Waals surface area contributed by atoms with Crippen molar-refractivity contribution in [2.45, 2.75) is 11.8 Å². The minimum atomic E-state index is 0.366. The van der Waals surface area contributed by atoms with Crippen molar-refractivity contribution >= 4 is 11.6 Å². The van der Waals surface area contributed by atoms with Crippen LogP contribution in [-0.4, -0.2) is 18.1 Å². The number of fused-ring (bicyclic) bond motifs is 1. The molecule has 1 aliphatic carbocycles. The first-order valence-corrected chi connectivity index (χ1v) is 5.02. The van der Waals surface area contributed by atoms with Gasteiger partial charge in [-0.1, -0.05) is 11.6 Å². The van der Waals surface area contributed by atoms with Crippen molar-refractivity contribution < 1.29 is 0 Å². The SMILES string of the molecule is Clc1ccc(C23CNCC2C3)nc1. The minimum absolute atomic E-state index is 0.366. The van der Waals surface area contributed by atoms with Crippen molar-refractivity contribution in [1.82, 2.24) is 10.3 Å². The fourth-order valence-electron chi connectivity index (χ4n) is 2.41. The third-order valence-electron chi connectivity index (χ3n) is 3.30. The predicted molar refractivity (Wildman–Crippen MR) is 51.9 cm³/mol. The average molecular weight is 195 g/mol. The zero-order valence-electron chi connectivity index (χ0n) is 7.26. The van der Waals surface area contributed by atoms with E-state index in [4.69, 9.17) is 11.6 Å². The monoisotopic (exact) mass is 194 g/mol. The Morgan fingerprint density at radius 1 is 1.54 bits per heavy atom. The number of rotatable bonds is 1. The molecule has 1 aliphatic heterocycles. The lowest BCUT2D eigenvalue weighted by Gasteiger charge is -2.10. The second-order valence-electron chi connectivity index (χ2n) is 4.05. The van der Waals surface area contributed by atoms with E-state index in [2.05, 4.69) is 16.4 Å². The van der Waals surface area contributed by atoms with Gasteiger partial charge in [-0.05, 0) is 31.0 Å². The molecular weight excluding hydrogens is 184 g/mol. The molecule has 3 rings (SSSR count). The average Bonchev–Trinajstić information content (AvgIpc) is 2.71. The molecule has 68 valence electrons. The molecule has 1 saturated heterocycles. The van der Waals surface area contributed by atoms with Crippen LogP contribution in [-0.2, 0) is 5.41 Å². The highest BCUT2D eigenvalue weighted by molar-refractivity contribution is 6.30. The number of hydrogen-bond acceptors (Lipinski definition) is 2. The Bertz CT molecular complexity index is 335. The molecule has 1 aromatic heterocycles. The van der Waals surface area contributed by atoms with Crippen molar-refractivity contribution in [2.75, 3.05) is 13.1 Å². The molecule has 0 aromatic carbocycles. The first kappa shape index (κ1) is 7.77. The Kier molecular flexibility index (Phi) is 1.47. The van der Waals surface area contributed by atoms with Crippen LogP contribution in [0.2, 0.25) is 5.02 Å². The second-order valence-corrected chi connectivity index (χ2v) is 4.49. The van der Waals surface area contributed by atoms with Gasteiger partial charge < -0.3 is 5.32 Å². The van der Waals surface area contributed by atoms with Gasteiger partial charge in [-0.25, -0.2) is 0 Å². The van der Waals surface area contributed by atoms with Crippen LogP contribution in [0.4, 0.5) is 0 Å². The minimum Gasteiger partial charge on any atom is -0.315 e. The summed E-state index contributed by atoms with van der Waals surface area (Å²) in [5.74, 6) is 0.821. The number of piperidine rings is 1. The molecule has 2 fully saturated rings. The largest absolute Gasteiger partial charge is 0.315 e. The molecule has 2 unspecified atom stereocenters. The third kappa shape index (κ3) is 1.02. The summed E-state index contributed by atoms with van der Waals surface area (Å²) < 4.78 is 0. The number of nitrogens with one attached hydrogen (secondary N) is 1. The zero-order valence-corrected chi connectivity index (χ0v) is 8.01. The van der Waals surface area contributed by atoms with Gasteiger partial charge in [-0.2, -0.15) is 0 Å². The molecule has 3 heteroatoms. The highest BCUT2D eigenvalue weighted by Gasteiger charge is 2.59. The Morgan fingerprint density at radius 2 is 2.46 bits per heavy atom. The van der Waals surface area contributed by atoms with Gasteiger partial charge in [0.15, 0.2) is 0 Å². The molecule has 0 amide bonds. The highest BCUT2D eigenvalue weighted by atomic mass is 35.5. The summed E-state index contributed by atoms with van der Waals surface area (Å²) >= 11 is 5.80. The molecule has 2 aliphatic rings. The van der Waals surface area contributed by atoms with E-state index in [-0.39, 0.29) is 0 Å². The molecule has 2 nitrogen and oxygen atoms in total. The summed E-state index contributed by atoms with van der Waals surface area (Å²) in [5, 5.41) is 4.13. The summed E-state index contributed by atoms with van der Waals surface area (Å²) in [6.45, 7) is 2.25. The third-order valence-corrected chi connectivity index (χ3v) is 3.52. The fraction of sp³-hybridized carbons (Fsp3) is 0.500. The lowest BCUT2D eigenvalue weighted by atomic mass is 10.0. The number of halogens is 1. The van der Waals surface area contributed by atoms with Crippen LogP contribution < -0.4 is 5.32 Å². The van der Waals surface area contributed by atoms with Gasteiger partial charge in [-0.15, -0.1) is 0 Å². The summed E-state index contributed by atoms with van der Waals surface area (Å²) in [7, 11) is 0. The van der Waals surface area contributed by atoms with Gasteiger partial charge in [0.1, 0.15) is 0 Å². The van der Waals surface area contributed by atoms with Crippen LogP contribution in [0.15, 0.2) is 18.3 Å². The smallest absolute Gasteiger partial charge is 0.0589 e. The molecule has 1 N–H and O–H groups in total. The maximum absolute atomic E-state index is 5.80. The first-order chi connectivity index (χ1) is 6.31. The zero-order chi connectivity index (χ0) is 8.89. The van der Waals surface area contributed by atoms with E-state index in [1.54, 1.807) is 6.20 Å². The number of nitrogens with zero attached hydrogens (tertiary/aromatic N) is 1. The summed E-state index contributed by atoms with van der Waals surface area (Å²) in [6, 6.07) is 4.00. The van der Waals surface area contributed by atoms with E-state index in [0.717, 1.165) is 24.0 Å². The Hall–Kier alpha value is -0.600. The number of aromatic nitrogens is 1. The van der Waals surface area contributed by atoms with Crippen molar-refractivity contribution in [3.8, 4) is 0 Å². The second kappa shape index (κ2) is 2.46. The van der Waals surface area contributed by atoms with Gasteiger partial charge >= 0.3 is 0 Å². The highest BCUT2D eigenvalue weighted by Crippen LogP contribution is 2.55. The van der Waals surface area contributed by atoms with Gasteiger partial charge in [0.05, 0.1) is 5.02 Å². The molecule has 13 heavy (non-hydrogen) atoms. The molecule has 2 atom stereocenters. The van der Waals surface area contributed by atoms with Gasteiger partial charge in [-0.3, -0.25) is 4.98 Å². The molecule has 1 saturated carbocycles. The summed E-state index contributed by atoms with van der Waals surface area (Å²) in [4.78, 5) is 4.40. The molecule has 0 spiro atoms. The maximum Gasteiger partial charge on any atom is 0.0589 e. The van der Waals surface area contributed by atoms with Crippen molar-refractivity contribution in [3.05, 3.63) is 29.0 Å². The molecule has 1 aromatic rings. The van der Waals surface area contributed by atoms with Crippen molar-refractivity contribution in [2.24, 2.45) is 5.92 Å². The van der Waals surface area contributed by atoms with E-state index >= 15 is 0 Å². The standard InChI is InChI=1S/C10H11ClN2/c11-8-1-2-9(13-5-8)10-3-7(10)4-12-6-10/h1-2,5,7,12H,3-4,6H2. The van der Waals surface area contributed by atoms with Gasteiger partial charge in [0.25, 0.3) is 0 Å². The van der Waals surface area contributed by atoms with Crippen LogP contribution in [0, 0.1) is 5.92 Å². The van der Waals surface area contributed by atoms with Gasteiger partial charge in [0.2, 0.25) is 0 Å². The molecular formula is C10H11ClN2. The lowest BCUT2D eigenvalue weighted by molar-refractivity contribution is 0.657. The maximum atomic E-state index is 5.80. The van der Waals surface area contributed by atoms with Crippen LogP contribution in [0.5, 0.6) is 0 Å². The molecule has 0 radical (unpaired) electrons. The molecule has 0 bridgehead atoms. The first-order valence-electron chi connectivity index (χ1n) is 4.64. The van der Waals surface area contributed by atoms with E-state index in [1.165, 1.54) is 12.1 Å². The predicted octanol–water partition coefficient (Wildman–Crippen LogP) is 1.60. The van der Waals surface area contributed by atoms with Crippen molar-refractivity contribution in [1.29, 1.82) is 0 Å². The van der Waals surface area contributed by atoms with Crippen molar-refractivity contribution in [3.63, 3.8) is 0 Å². The van der Waals surface area contributed by atoms with Crippen LogP contribution in [0.25, 0.3) is 0 Å². The fourth-order valence-corrected chi connectivity index (χ4v) is 2.52. The Labute approximate surface area is 82.3 Å². The number of pyridine rings is 1. The van der Waals surface area contributed by atoms with Crippen LogP contribution in [0.3, 0.4) is 0 Å².